The van der Waals surface area contributed by atoms with E-state index in [4.69, 9.17) is 5.73 Å². The summed E-state index contributed by atoms with van der Waals surface area (Å²) in [6.07, 6.45) is 3.06. The van der Waals surface area contributed by atoms with E-state index in [0.29, 0.717) is 16.5 Å². The second-order valence-corrected chi connectivity index (χ2v) is 5.74. The Labute approximate surface area is 116 Å². The first-order valence-electron chi connectivity index (χ1n) is 6.53. The minimum absolute atomic E-state index is 0.0805. The van der Waals surface area contributed by atoms with Crippen LogP contribution in [0, 0.1) is 5.92 Å². The molecule has 0 radical (unpaired) electrons. The number of hydrogen-bond acceptors (Lipinski definition) is 4. The summed E-state index contributed by atoms with van der Waals surface area (Å²) in [5, 5.41) is 8.31. The lowest BCUT2D eigenvalue weighted by Gasteiger charge is -2.28. The first kappa shape index (κ1) is 14.0. The predicted octanol–water partition coefficient (Wildman–Crippen LogP) is 1.56. The van der Waals surface area contributed by atoms with Gasteiger partial charge in [-0.3, -0.25) is 9.59 Å². The fraction of sp³-hybridized carbons (Fsp3) is 0.538. The molecule has 5 nitrogen and oxygen atoms in total. The number of rotatable bonds is 4. The average molecular weight is 281 g/mol. The smallest absolute Gasteiger partial charge is 0.251 e. The van der Waals surface area contributed by atoms with E-state index in [9.17, 15) is 9.59 Å². The molecule has 6 heteroatoms. The molecule has 2 rings (SSSR count). The number of carbonyl (C=O) groups excluding carboxylic acids is 2. The van der Waals surface area contributed by atoms with Gasteiger partial charge >= 0.3 is 0 Å². The van der Waals surface area contributed by atoms with Crippen LogP contribution in [0.4, 0.5) is 5.00 Å². The molecule has 2 amide bonds. The van der Waals surface area contributed by atoms with Gasteiger partial charge in [-0.2, -0.15) is 0 Å². The third kappa shape index (κ3) is 3.33. The van der Waals surface area contributed by atoms with E-state index in [-0.39, 0.29) is 11.9 Å². The van der Waals surface area contributed by atoms with E-state index in [1.807, 2.05) is 0 Å². The molecular weight excluding hydrogens is 262 g/mol. The minimum Gasteiger partial charge on any atom is -0.366 e. The number of thiophene rings is 1. The molecule has 4 N–H and O–H groups in total. The first-order valence-corrected chi connectivity index (χ1v) is 7.41. The van der Waals surface area contributed by atoms with Crippen molar-refractivity contribution >= 4 is 28.2 Å². The van der Waals surface area contributed by atoms with Crippen LogP contribution >= 0.6 is 11.3 Å². The van der Waals surface area contributed by atoms with Crippen molar-refractivity contribution in [3.63, 3.8) is 0 Å². The summed E-state index contributed by atoms with van der Waals surface area (Å²) in [7, 11) is 0. The summed E-state index contributed by atoms with van der Waals surface area (Å²) >= 11 is 1.32. The van der Waals surface area contributed by atoms with Crippen LogP contribution in [0.2, 0.25) is 0 Å². The van der Waals surface area contributed by atoms with Crippen LogP contribution in [0.1, 0.15) is 36.5 Å². The fourth-order valence-electron chi connectivity index (χ4n) is 2.37. The summed E-state index contributed by atoms with van der Waals surface area (Å²) in [4.78, 5) is 23.4. The molecule has 104 valence electrons. The fourth-order valence-corrected chi connectivity index (χ4v) is 3.16. The van der Waals surface area contributed by atoms with Gasteiger partial charge in [-0.15, -0.1) is 11.3 Å². The second kappa shape index (κ2) is 6.16. The summed E-state index contributed by atoms with van der Waals surface area (Å²) in [5.74, 6) is -0.00126. The van der Waals surface area contributed by atoms with Crippen molar-refractivity contribution in [2.75, 3.05) is 11.9 Å². The number of carbonyl (C=O) groups is 2. The number of anilines is 1. The van der Waals surface area contributed by atoms with Crippen molar-refractivity contribution in [3.8, 4) is 0 Å². The zero-order valence-corrected chi connectivity index (χ0v) is 11.8. The molecule has 1 fully saturated rings. The molecule has 1 aliphatic heterocycles. The van der Waals surface area contributed by atoms with Gasteiger partial charge in [-0.1, -0.05) is 13.3 Å². The molecule has 1 aromatic rings. The monoisotopic (exact) mass is 281 g/mol. The molecule has 0 saturated carbocycles. The van der Waals surface area contributed by atoms with Crippen molar-refractivity contribution in [2.45, 2.75) is 32.2 Å². The summed E-state index contributed by atoms with van der Waals surface area (Å²) < 4.78 is 0. The lowest BCUT2D eigenvalue weighted by molar-refractivity contribution is -0.119. The van der Waals surface area contributed by atoms with E-state index < -0.39 is 5.91 Å². The number of primary amides is 1. The van der Waals surface area contributed by atoms with E-state index in [1.165, 1.54) is 11.3 Å². The topological polar surface area (TPSA) is 84.2 Å². The van der Waals surface area contributed by atoms with Crippen molar-refractivity contribution in [1.82, 2.24) is 5.32 Å². The van der Waals surface area contributed by atoms with Gasteiger partial charge in [-0.05, 0) is 36.8 Å². The number of piperidine rings is 1. The predicted molar refractivity (Wildman–Crippen MR) is 76.3 cm³/mol. The maximum absolute atomic E-state index is 12.2. The Balaban J connectivity index is 2.00. The van der Waals surface area contributed by atoms with Crippen LogP contribution in [-0.2, 0) is 4.79 Å². The van der Waals surface area contributed by atoms with E-state index in [0.717, 1.165) is 25.8 Å². The molecule has 0 bridgehead atoms. The Hall–Kier alpha value is -1.40. The van der Waals surface area contributed by atoms with Crippen molar-refractivity contribution < 1.29 is 9.59 Å². The van der Waals surface area contributed by atoms with Crippen molar-refractivity contribution in [2.24, 2.45) is 11.7 Å². The summed E-state index contributed by atoms with van der Waals surface area (Å²) in [5.41, 5.74) is 5.63. The van der Waals surface area contributed by atoms with Gasteiger partial charge < -0.3 is 16.4 Å². The largest absolute Gasteiger partial charge is 0.366 e. The van der Waals surface area contributed by atoms with Crippen LogP contribution < -0.4 is 16.4 Å². The maximum Gasteiger partial charge on any atom is 0.251 e. The normalized spacial score (nSPS) is 23.0. The Morgan fingerprint density at radius 2 is 2.37 bits per heavy atom. The standard InChI is InChI=1S/C13H19N3O2S/c1-2-8-3-5-15-10(7-8)12(18)16-13-9(11(14)17)4-6-19-13/h4,6,8,10,15H,2-3,5,7H2,1H3,(H2,14,17)(H,16,18). The zero-order valence-electron chi connectivity index (χ0n) is 10.9. The van der Waals surface area contributed by atoms with Gasteiger partial charge in [0, 0.05) is 0 Å². The third-order valence-electron chi connectivity index (χ3n) is 3.57. The highest BCUT2D eigenvalue weighted by Gasteiger charge is 2.26. The minimum atomic E-state index is -0.514. The van der Waals surface area contributed by atoms with Crippen LogP contribution in [0.15, 0.2) is 11.4 Å². The molecule has 0 aromatic carbocycles. The lowest BCUT2D eigenvalue weighted by atomic mass is 9.90. The number of hydrogen-bond donors (Lipinski definition) is 3. The molecule has 2 atom stereocenters. The number of amides is 2. The van der Waals surface area contributed by atoms with Gasteiger partial charge in [0.15, 0.2) is 0 Å². The molecular formula is C13H19N3O2S. The molecule has 1 saturated heterocycles. The number of nitrogens with two attached hydrogens (primary N) is 1. The Morgan fingerprint density at radius 1 is 1.58 bits per heavy atom. The molecule has 0 spiro atoms. The average Bonchev–Trinajstić information content (AvgIpc) is 2.87. The molecule has 1 aromatic heterocycles. The van der Waals surface area contributed by atoms with Gasteiger partial charge in [0.05, 0.1) is 11.6 Å². The molecule has 1 aliphatic rings. The van der Waals surface area contributed by atoms with E-state index >= 15 is 0 Å². The van der Waals surface area contributed by atoms with Crippen LogP contribution in [-0.4, -0.2) is 24.4 Å². The molecule has 2 unspecified atom stereocenters. The van der Waals surface area contributed by atoms with Crippen molar-refractivity contribution in [1.29, 1.82) is 0 Å². The molecule has 19 heavy (non-hydrogen) atoms. The summed E-state index contributed by atoms with van der Waals surface area (Å²) in [6, 6.07) is 1.45. The third-order valence-corrected chi connectivity index (χ3v) is 4.40. The highest BCUT2D eigenvalue weighted by Crippen LogP contribution is 2.24. The van der Waals surface area contributed by atoms with Gasteiger partial charge in [0.2, 0.25) is 5.91 Å². The highest BCUT2D eigenvalue weighted by molar-refractivity contribution is 7.14. The Morgan fingerprint density at radius 3 is 3.05 bits per heavy atom. The second-order valence-electron chi connectivity index (χ2n) is 4.82. The Bertz CT molecular complexity index is 472. The van der Waals surface area contributed by atoms with Gasteiger partial charge in [0.1, 0.15) is 5.00 Å². The zero-order chi connectivity index (χ0) is 13.8. The molecule has 0 aliphatic carbocycles. The van der Waals surface area contributed by atoms with Crippen molar-refractivity contribution in [3.05, 3.63) is 17.0 Å². The lowest BCUT2D eigenvalue weighted by Crippen LogP contribution is -2.46. The first-order chi connectivity index (χ1) is 9.11. The van der Waals surface area contributed by atoms with Gasteiger partial charge in [-0.25, -0.2) is 0 Å². The van der Waals surface area contributed by atoms with E-state index in [2.05, 4.69) is 17.6 Å². The SMILES string of the molecule is CCC1CCNC(C(=O)Nc2sccc2C(N)=O)C1. The Kier molecular flexibility index (Phi) is 4.55. The van der Waals surface area contributed by atoms with E-state index in [1.54, 1.807) is 11.4 Å². The quantitative estimate of drug-likeness (QED) is 0.783. The maximum atomic E-state index is 12.2. The van der Waals surface area contributed by atoms with Crippen LogP contribution in [0.25, 0.3) is 0 Å². The highest BCUT2D eigenvalue weighted by atomic mass is 32.1. The van der Waals surface area contributed by atoms with Crippen LogP contribution in [0.5, 0.6) is 0 Å². The van der Waals surface area contributed by atoms with Gasteiger partial charge in [0.25, 0.3) is 5.91 Å². The number of nitrogens with one attached hydrogen (secondary N) is 2. The summed E-state index contributed by atoms with van der Waals surface area (Å²) in [6.45, 7) is 3.01. The van der Waals surface area contributed by atoms with Crippen LogP contribution in [0.3, 0.4) is 0 Å². The molecule has 2 heterocycles.